The third kappa shape index (κ3) is 5.02. The molecule has 3 nitrogen and oxygen atoms in total. The lowest BCUT2D eigenvalue weighted by Crippen LogP contribution is -2.15. The van der Waals surface area contributed by atoms with Gasteiger partial charge in [-0.05, 0) is 24.7 Å². The first-order chi connectivity index (χ1) is 8.88. The van der Waals surface area contributed by atoms with Crippen molar-refractivity contribution in [3.63, 3.8) is 0 Å². The molecule has 0 aromatic heterocycles. The molecule has 0 aliphatic heterocycles. The van der Waals surface area contributed by atoms with Crippen LogP contribution in [0.15, 0.2) is 23.1 Å². The molecule has 1 rings (SSSR count). The van der Waals surface area contributed by atoms with Gasteiger partial charge in [-0.3, -0.25) is 0 Å². The molecule has 0 amide bonds. The Hall–Kier alpha value is -0.760. The topological polar surface area (TPSA) is 52.5 Å². The van der Waals surface area contributed by atoms with Crippen LogP contribution in [0.2, 0.25) is 0 Å². The second-order valence-electron chi connectivity index (χ2n) is 3.99. The van der Waals surface area contributed by atoms with E-state index in [0.717, 1.165) is 17.8 Å². The van der Waals surface area contributed by atoms with Gasteiger partial charge >= 0.3 is 6.18 Å². The fourth-order valence-corrected chi connectivity index (χ4v) is 2.35. The Labute approximate surface area is 113 Å². The Balaban J connectivity index is 2.92. The molecule has 0 fully saturated rings. The van der Waals surface area contributed by atoms with Crippen molar-refractivity contribution in [1.82, 2.24) is 5.32 Å². The minimum absolute atomic E-state index is 0.138. The van der Waals surface area contributed by atoms with E-state index in [-0.39, 0.29) is 17.9 Å². The molecule has 0 aliphatic rings. The highest BCUT2D eigenvalue weighted by atomic mass is 32.2. The Morgan fingerprint density at radius 2 is 2.05 bits per heavy atom. The van der Waals surface area contributed by atoms with Gasteiger partial charge in [0.05, 0.1) is 18.3 Å². The Morgan fingerprint density at radius 3 is 2.58 bits per heavy atom. The zero-order valence-electron chi connectivity index (χ0n) is 10.4. The summed E-state index contributed by atoms with van der Waals surface area (Å²) < 4.78 is 38.7. The van der Waals surface area contributed by atoms with E-state index in [0.29, 0.717) is 4.90 Å². The number of hydrogen-bond acceptors (Lipinski definition) is 4. The van der Waals surface area contributed by atoms with Crippen molar-refractivity contribution in [3.8, 4) is 0 Å². The highest BCUT2D eigenvalue weighted by molar-refractivity contribution is 7.99. The zero-order valence-corrected chi connectivity index (χ0v) is 11.2. The van der Waals surface area contributed by atoms with Crippen LogP contribution in [0.25, 0.3) is 0 Å². The molecule has 1 aromatic rings. The number of alkyl halides is 3. The Morgan fingerprint density at radius 1 is 1.37 bits per heavy atom. The Bertz CT molecular complexity index is 412. The van der Waals surface area contributed by atoms with Crippen LogP contribution in [-0.4, -0.2) is 35.7 Å². The molecule has 0 saturated heterocycles. The summed E-state index contributed by atoms with van der Waals surface area (Å²) in [4.78, 5) is 0.416. The van der Waals surface area contributed by atoms with Gasteiger partial charge in [-0.25, -0.2) is 0 Å². The number of nitrogens with one attached hydrogen (secondary N) is 1. The van der Waals surface area contributed by atoms with Crippen LogP contribution in [0, 0.1) is 0 Å². The lowest BCUT2D eigenvalue weighted by atomic mass is 10.1. The number of benzene rings is 1. The molecule has 19 heavy (non-hydrogen) atoms. The minimum atomic E-state index is -4.40. The van der Waals surface area contributed by atoms with E-state index in [1.807, 2.05) is 0 Å². The summed E-state index contributed by atoms with van der Waals surface area (Å²) >= 11 is 1.08. The van der Waals surface area contributed by atoms with Crippen LogP contribution in [0.5, 0.6) is 0 Å². The number of rotatable bonds is 6. The summed E-state index contributed by atoms with van der Waals surface area (Å²) in [6.07, 6.45) is -5.34. The molecular formula is C12H16F3NO2S. The van der Waals surface area contributed by atoms with E-state index in [9.17, 15) is 18.3 Å². The third-order valence-corrected chi connectivity index (χ3v) is 3.55. The fraction of sp³-hybridized carbons (Fsp3) is 0.500. The minimum Gasteiger partial charge on any atom is -0.394 e. The van der Waals surface area contributed by atoms with E-state index in [4.69, 9.17) is 5.11 Å². The lowest BCUT2D eigenvalue weighted by Gasteiger charge is -2.14. The SMILES string of the molecule is CNCc1ccc(SCC(O)CO)cc1C(F)(F)F. The number of halogens is 3. The maximum absolute atomic E-state index is 12.9. The highest BCUT2D eigenvalue weighted by Crippen LogP contribution is 2.34. The van der Waals surface area contributed by atoms with Crippen LogP contribution in [0.1, 0.15) is 11.1 Å². The summed E-state index contributed by atoms with van der Waals surface area (Å²) in [7, 11) is 1.58. The summed E-state index contributed by atoms with van der Waals surface area (Å²) in [5.74, 6) is 0.152. The van der Waals surface area contributed by atoms with Gasteiger partial charge in [0.25, 0.3) is 0 Å². The summed E-state index contributed by atoms with van der Waals surface area (Å²) in [6, 6.07) is 4.07. The first-order valence-corrected chi connectivity index (χ1v) is 6.63. The van der Waals surface area contributed by atoms with E-state index in [1.54, 1.807) is 13.1 Å². The van der Waals surface area contributed by atoms with Gasteiger partial charge in [0.15, 0.2) is 0 Å². The molecule has 0 bridgehead atoms. The molecule has 108 valence electrons. The molecule has 1 aromatic carbocycles. The average Bonchev–Trinajstić information content (AvgIpc) is 2.36. The van der Waals surface area contributed by atoms with E-state index >= 15 is 0 Å². The van der Waals surface area contributed by atoms with Crippen molar-refractivity contribution >= 4 is 11.8 Å². The molecule has 0 radical (unpaired) electrons. The Kier molecular flexibility index (Phi) is 6.12. The van der Waals surface area contributed by atoms with Crippen LogP contribution in [0.3, 0.4) is 0 Å². The highest BCUT2D eigenvalue weighted by Gasteiger charge is 2.33. The molecule has 0 saturated carbocycles. The van der Waals surface area contributed by atoms with E-state index < -0.39 is 24.5 Å². The van der Waals surface area contributed by atoms with Gasteiger partial charge < -0.3 is 15.5 Å². The smallest absolute Gasteiger partial charge is 0.394 e. The second kappa shape index (κ2) is 7.14. The number of aliphatic hydroxyl groups excluding tert-OH is 2. The first kappa shape index (κ1) is 16.3. The molecule has 1 atom stereocenters. The maximum atomic E-state index is 12.9. The predicted molar refractivity (Wildman–Crippen MR) is 68.0 cm³/mol. The average molecular weight is 295 g/mol. The van der Waals surface area contributed by atoms with Crippen LogP contribution in [-0.2, 0) is 12.7 Å². The van der Waals surface area contributed by atoms with Gasteiger partial charge in [0.1, 0.15) is 0 Å². The van der Waals surface area contributed by atoms with E-state index in [1.165, 1.54) is 6.07 Å². The summed E-state index contributed by atoms with van der Waals surface area (Å²) in [6.45, 7) is -0.268. The fourth-order valence-electron chi connectivity index (χ4n) is 1.50. The van der Waals surface area contributed by atoms with Gasteiger partial charge in [-0.1, -0.05) is 6.07 Å². The molecule has 0 aliphatic carbocycles. The molecular weight excluding hydrogens is 279 g/mol. The van der Waals surface area contributed by atoms with Gasteiger partial charge in [0.2, 0.25) is 0 Å². The van der Waals surface area contributed by atoms with Gasteiger partial charge in [-0.15, -0.1) is 11.8 Å². The third-order valence-electron chi connectivity index (χ3n) is 2.41. The van der Waals surface area contributed by atoms with Crippen LogP contribution >= 0.6 is 11.8 Å². The molecule has 0 heterocycles. The van der Waals surface area contributed by atoms with Crippen molar-refractivity contribution in [2.75, 3.05) is 19.4 Å². The largest absolute Gasteiger partial charge is 0.416 e. The number of aliphatic hydroxyl groups is 2. The molecule has 7 heteroatoms. The normalized spacial score (nSPS) is 13.6. The monoisotopic (exact) mass is 295 g/mol. The molecule has 0 spiro atoms. The zero-order chi connectivity index (χ0) is 14.5. The number of thioether (sulfide) groups is 1. The predicted octanol–water partition coefficient (Wildman–Crippen LogP) is 1.87. The van der Waals surface area contributed by atoms with Gasteiger partial charge in [0, 0.05) is 17.2 Å². The quantitative estimate of drug-likeness (QED) is 0.701. The van der Waals surface area contributed by atoms with Crippen molar-refractivity contribution in [2.24, 2.45) is 0 Å². The number of hydrogen-bond donors (Lipinski definition) is 3. The van der Waals surface area contributed by atoms with Crippen molar-refractivity contribution < 1.29 is 23.4 Å². The summed E-state index contributed by atoms with van der Waals surface area (Å²) in [5.41, 5.74) is -0.493. The lowest BCUT2D eigenvalue weighted by molar-refractivity contribution is -0.138. The standard InChI is InChI=1S/C12H16F3NO2S/c1-16-5-8-2-3-10(19-7-9(18)6-17)4-11(8)12(13,14)15/h2-4,9,16-18H,5-7H2,1H3. The summed E-state index contributed by atoms with van der Waals surface area (Å²) in [5, 5.41) is 20.5. The van der Waals surface area contributed by atoms with Crippen molar-refractivity contribution in [3.05, 3.63) is 29.3 Å². The first-order valence-electron chi connectivity index (χ1n) is 5.65. The van der Waals surface area contributed by atoms with Crippen molar-refractivity contribution in [1.29, 1.82) is 0 Å². The molecule has 1 unspecified atom stereocenters. The van der Waals surface area contributed by atoms with Crippen molar-refractivity contribution in [2.45, 2.75) is 23.7 Å². The van der Waals surface area contributed by atoms with Crippen LogP contribution in [0.4, 0.5) is 13.2 Å². The van der Waals surface area contributed by atoms with E-state index in [2.05, 4.69) is 5.32 Å². The van der Waals surface area contributed by atoms with Gasteiger partial charge in [-0.2, -0.15) is 13.2 Å². The maximum Gasteiger partial charge on any atom is 0.416 e. The second-order valence-corrected chi connectivity index (χ2v) is 5.09. The van der Waals surface area contributed by atoms with Crippen LogP contribution < -0.4 is 5.32 Å². The molecule has 3 N–H and O–H groups in total.